The summed E-state index contributed by atoms with van der Waals surface area (Å²) in [4.78, 5) is 38.6. The van der Waals surface area contributed by atoms with E-state index >= 15 is 0 Å². The lowest BCUT2D eigenvalue weighted by atomic mass is 10.0. The van der Waals surface area contributed by atoms with Gasteiger partial charge in [0.2, 0.25) is 11.2 Å². The van der Waals surface area contributed by atoms with E-state index in [0.29, 0.717) is 18.7 Å². The van der Waals surface area contributed by atoms with Crippen molar-refractivity contribution in [3.8, 4) is 11.4 Å². The van der Waals surface area contributed by atoms with Crippen LogP contribution in [0.3, 0.4) is 0 Å². The Labute approximate surface area is 164 Å². The molecule has 0 saturated carbocycles. The van der Waals surface area contributed by atoms with Gasteiger partial charge in [0.05, 0.1) is 7.11 Å². The minimum absolute atomic E-state index is 0.0221. The molecule has 0 atom stereocenters. The number of carbonyl (C=O) groups is 1. The van der Waals surface area contributed by atoms with Crippen LogP contribution in [0, 0.1) is 5.82 Å². The monoisotopic (exact) mass is 396 g/mol. The predicted molar refractivity (Wildman–Crippen MR) is 102 cm³/mol. The van der Waals surface area contributed by atoms with Gasteiger partial charge < -0.3 is 14.1 Å². The number of nitrogens with zero attached hydrogens (tertiary/aromatic N) is 2. The topological polar surface area (TPSA) is 81.8 Å². The van der Waals surface area contributed by atoms with Gasteiger partial charge >= 0.3 is 0 Å². The first kappa shape index (κ1) is 18.7. The van der Waals surface area contributed by atoms with Crippen molar-refractivity contribution < 1.29 is 18.3 Å². The number of rotatable bonds is 3. The van der Waals surface area contributed by atoms with E-state index in [1.54, 1.807) is 11.1 Å². The Morgan fingerprint density at radius 1 is 1.14 bits per heavy atom. The van der Waals surface area contributed by atoms with E-state index in [0.717, 1.165) is 23.5 Å². The molecule has 148 valence electrons. The summed E-state index contributed by atoms with van der Waals surface area (Å²) in [6, 6.07) is 8.23. The fourth-order valence-electron chi connectivity index (χ4n) is 3.32. The molecule has 0 aliphatic carbocycles. The number of fused-ring (bicyclic) bond motifs is 1. The molecule has 0 N–H and O–H groups in total. The quantitative estimate of drug-likeness (QED) is 0.678. The number of ether oxygens (including phenoxy) is 1. The fourth-order valence-corrected chi connectivity index (χ4v) is 3.32. The average Bonchev–Trinajstić information content (AvgIpc) is 2.73. The zero-order valence-electron chi connectivity index (χ0n) is 15.6. The summed E-state index contributed by atoms with van der Waals surface area (Å²) >= 11 is 0. The van der Waals surface area contributed by atoms with Crippen LogP contribution in [0.25, 0.3) is 5.69 Å². The number of hydrogen-bond donors (Lipinski definition) is 0. The molecule has 3 aromatic rings. The van der Waals surface area contributed by atoms with Gasteiger partial charge in [-0.1, -0.05) is 0 Å². The third kappa shape index (κ3) is 3.56. The normalized spacial score (nSPS) is 13.1. The van der Waals surface area contributed by atoms with Crippen molar-refractivity contribution in [2.75, 3.05) is 13.7 Å². The van der Waals surface area contributed by atoms with Crippen molar-refractivity contribution in [3.63, 3.8) is 0 Å². The molecular weight excluding hydrogens is 379 g/mol. The molecule has 0 unspecified atom stereocenters. The summed E-state index contributed by atoms with van der Waals surface area (Å²) in [5.41, 5.74) is 1.52. The molecule has 1 aliphatic heterocycles. The highest BCUT2D eigenvalue weighted by atomic mass is 19.1. The standard InChI is InChI=1S/C21H17FN2O5/c1-28-19-12-29-18(9-17(19)25)21(27)23-7-6-13-8-20(26)24(11-14(13)10-23)16-4-2-15(22)3-5-16/h2-5,8-9,11-12H,6-7,10H2,1H3. The minimum atomic E-state index is -0.440. The number of pyridine rings is 1. The molecule has 0 radical (unpaired) electrons. The number of hydrogen-bond acceptors (Lipinski definition) is 5. The van der Waals surface area contributed by atoms with Crippen LogP contribution in [0.4, 0.5) is 4.39 Å². The Kier molecular flexibility index (Phi) is 4.75. The summed E-state index contributed by atoms with van der Waals surface area (Å²) in [6.45, 7) is 0.646. The number of benzene rings is 1. The second kappa shape index (κ2) is 7.38. The summed E-state index contributed by atoms with van der Waals surface area (Å²) in [5.74, 6) is -0.868. The van der Waals surface area contributed by atoms with Crippen LogP contribution in [0.2, 0.25) is 0 Å². The summed E-state index contributed by atoms with van der Waals surface area (Å²) in [7, 11) is 1.34. The highest BCUT2D eigenvalue weighted by molar-refractivity contribution is 5.91. The Hall–Kier alpha value is -3.68. The van der Waals surface area contributed by atoms with Gasteiger partial charge in [-0.15, -0.1) is 0 Å². The summed E-state index contributed by atoms with van der Waals surface area (Å²) in [6.07, 6.45) is 3.27. The maximum absolute atomic E-state index is 13.2. The molecule has 0 bridgehead atoms. The van der Waals surface area contributed by atoms with Gasteiger partial charge in [-0.2, -0.15) is 0 Å². The third-order valence-electron chi connectivity index (χ3n) is 4.87. The van der Waals surface area contributed by atoms with Gasteiger partial charge in [-0.3, -0.25) is 19.0 Å². The van der Waals surface area contributed by atoms with E-state index in [4.69, 9.17) is 9.15 Å². The molecule has 0 fully saturated rings. The van der Waals surface area contributed by atoms with Gasteiger partial charge in [0, 0.05) is 37.1 Å². The molecule has 1 aromatic carbocycles. The highest BCUT2D eigenvalue weighted by Gasteiger charge is 2.25. The van der Waals surface area contributed by atoms with Gasteiger partial charge in [0.25, 0.3) is 11.5 Å². The molecular formula is C21H17FN2O5. The lowest BCUT2D eigenvalue weighted by molar-refractivity contribution is 0.0698. The van der Waals surface area contributed by atoms with Gasteiger partial charge in [0.15, 0.2) is 5.76 Å². The molecule has 2 aromatic heterocycles. The van der Waals surface area contributed by atoms with E-state index in [9.17, 15) is 18.8 Å². The molecule has 29 heavy (non-hydrogen) atoms. The Bertz CT molecular complexity index is 1200. The second-order valence-electron chi connectivity index (χ2n) is 6.66. The first-order chi connectivity index (χ1) is 14.0. The van der Waals surface area contributed by atoms with E-state index < -0.39 is 17.2 Å². The molecule has 0 spiro atoms. The molecule has 7 nitrogen and oxygen atoms in total. The van der Waals surface area contributed by atoms with Crippen molar-refractivity contribution in [1.29, 1.82) is 0 Å². The number of carbonyl (C=O) groups excluding carboxylic acids is 1. The summed E-state index contributed by atoms with van der Waals surface area (Å²) in [5, 5.41) is 0. The van der Waals surface area contributed by atoms with E-state index in [2.05, 4.69) is 0 Å². The maximum atomic E-state index is 13.2. The molecule has 1 amide bonds. The highest BCUT2D eigenvalue weighted by Crippen LogP contribution is 2.21. The molecule has 3 heterocycles. The van der Waals surface area contributed by atoms with Crippen molar-refractivity contribution in [2.24, 2.45) is 0 Å². The van der Waals surface area contributed by atoms with Crippen LogP contribution in [-0.2, 0) is 13.0 Å². The van der Waals surface area contributed by atoms with E-state index in [-0.39, 0.29) is 23.6 Å². The van der Waals surface area contributed by atoms with Crippen molar-refractivity contribution in [3.05, 3.63) is 92.1 Å². The minimum Gasteiger partial charge on any atom is -0.490 e. The lowest BCUT2D eigenvalue weighted by Gasteiger charge is -2.28. The zero-order chi connectivity index (χ0) is 20.5. The number of aromatic nitrogens is 1. The summed E-state index contributed by atoms with van der Waals surface area (Å²) < 4.78 is 24.7. The molecule has 4 rings (SSSR count). The average molecular weight is 396 g/mol. The van der Waals surface area contributed by atoms with Crippen molar-refractivity contribution >= 4 is 5.91 Å². The van der Waals surface area contributed by atoms with Crippen LogP contribution >= 0.6 is 0 Å². The van der Waals surface area contributed by atoms with E-state index in [1.165, 1.54) is 42.0 Å². The Morgan fingerprint density at radius 3 is 2.59 bits per heavy atom. The lowest BCUT2D eigenvalue weighted by Crippen LogP contribution is -2.37. The Balaban J connectivity index is 1.64. The van der Waals surface area contributed by atoms with Crippen LogP contribution in [0.1, 0.15) is 21.7 Å². The number of methoxy groups -OCH3 is 1. The number of amides is 1. The van der Waals surface area contributed by atoms with Gasteiger partial charge in [0.1, 0.15) is 12.1 Å². The van der Waals surface area contributed by atoms with Crippen LogP contribution in [-0.4, -0.2) is 29.0 Å². The largest absolute Gasteiger partial charge is 0.490 e. The van der Waals surface area contributed by atoms with E-state index in [1.807, 2.05) is 0 Å². The zero-order valence-corrected chi connectivity index (χ0v) is 15.6. The molecule has 8 heteroatoms. The van der Waals surface area contributed by atoms with Gasteiger partial charge in [-0.05, 0) is 41.8 Å². The SMILES string of the molecule is COc1coc(C(=O)N2CCc3cc(=O)n(-c4ccc(F)cc4)cc3C2)cc1=O. The fraction of sp³-hybridized carbons (Fsp3) is 0.190. The van der Waals surface area contributed by atoms with Crippen molar-refractivity contribution in [1.82, 2.24) is 9.47 Å². The Morgan fingerprint density at radius 2 is 1.90 bits per heavy atom. The maximum Gasteiger partial charge on any atom is 0.290 e. The number of halogens is 1. The van der Waals surface area contributed by atoms with Crippen molar-refractivity contribution in [2.45, 2.75) is 13.0 Å². The van der Waals surface area contributed by atoms with Crippen LogP contribution in [0.5, 0.6) is 5.75 Å². The smallest absolute Gasteiger partial charge is 0.290 e. The van der Waals surface area contributed by atoms with Gasteiger partial charge in [-0.25, -0.2) is 4.39 Å². The third-order valence-corrected chi connectivity index (χ3v) is 4.87. The predicted octanol–water partition coefficient (Wildman–Crippen LogP) is 2.14. The first-order valence-electron chi connectivity index (χ1n) is 8.93. The molecule has 0 saturated heterocycles. The first-order valence-corrected chi connectivity index (χ1v) is 8.93. The molecule has 1 aliphatic rings. The van der Waals surface area contributed by atoms with Crippen LogP contribution in [0.15, 0.2) is 62.9 Å². The van der Waals surface area contributed by atoms with Crippen LogP contribution < -0.4 is 15.7 Å². The second-order valence-corrected chi connectivity index (χ2v) is 6.66.